The maximum atomic E-state index is 7.01. The smallest absolute Gasteiger partial charge is 0.0822 e. The predicted octanol–water partition coefficient (Wildman–Crippen LogP) is 17.3. The zero-order chi connectivity index (χ0) is 50.0. The van der Waals surface area contributed by atoms with Crippen LogP contribution in [0.5, 0.6) is 0 Å². The van der Waals surface area contributed by atoms with Crippen LogP contribution in [0.1, 0.15) is 167 Å². The van der Waals surface area contributed by atoms with Crippen molar-refractivity contribution >= 4 is 0 Å². The summed E-state index contributed by atoms with van der Waals surface area (Å²) in [4.78, 5) is 6.23. The normalized spacial score (nSPS) is 43.6. The second-order valence-corrected chi connectivity index (χ2v) is 26.8. The fourth-order valence-electron chi connectivity index (χ4n) is 20.0. The van der Waals surface area contributed by atoms with E-state index in [-0.39, 0.29) is 11.5 Å². The first-order valence-electron chi connectivity index (χ1n) is 31.8. The van der Waals surface area contributed by atoms with Gasteiger partial charge in [-0.15, -0.1) is 0 Å². The van der Waals surface area contributed by atoms with Crippen molar-refractivity contribution in [1.29, 1.82) is 0 Å². The van der Waals surface area contributed by atoms with Gasteiger partial charge in [0.25, 0.3) is 0 Å². The molecule has 14 rings (SSSR count). The van der Waals surface area contributed by atoms with Gasteiger partial charge in [-0.3, -0.25) is 4.90 Å². The maximum absolute atomic E-state index is 7.01. The minimum atomic E-state index is 0.0565. The molecule has 75 heavy (non-hydrogen) atoms. The maximum Gasteiger partial charge on any atom is 0.0822 e. The second kappa shape index (κ2) is 21.0. The van der Waals surface area contributed by atoms with Crippen molar-refractivity contribution in [3.05, 3.63) is 167 Å². The topological polar surface area (TPSA) is 15.7 Å². The second-order valence-electron chi connectivity index (χ2n) is 26.8. The molecular weight excluding hydrogens is 909 g/mol. The van der Waals surface area contributed by atoms with Gasteiger partial charge in [0.15, 0.2) is 0 Å². The molecule has 0 aromatic rings. The van der Waals surface area contributed by atoms with Crippen molar-refractivity contribution in [3.63, 3.8) is 0 Å². The SMILES string of the molecule is C=CC1=CCC(O[C@@H]2C=CC(C3(C4C=CCCC4)C4C=CC=CC4C4C=CC(N(C5CC=C(C6=CC7C8CCCC=C8N(C8C=CCCC8)C7CC6)CC5)C5CCC6=C(CCC7C=CCCC67)C5)CC43)=CC2C)CC1. The molecule has 14 aliphatic rings. The van der Waals surface area contributed by atoms with E-state index in [4.69, 9.17) is 4.74 Å². The fraction of sp³-hybridized carbons (Fsp3) is 0.611. The van der Waals surface area contributed by atoms with Crippen LogP contribution in [0.25, 0.3) is 0 Å². The molecule has 3 heteroatoms. The number of likely N-dealkylation sites (tertiary alicyclic amines) is 1. The Labute approximate surface area is 454 Å². The quantitative estimate of drug-likeness (QED) is 0.203. The largest absolute Gasteiger partial charge is 0.370 e. The molecule has 1 saturated carbocycles. The predicted molar refractivity (Wildman–Crippen MR) is 311 cm³/mol. The van der Waals surface area contributed by atoms with Crippen LogP contribution in [0.2, 0.25) is 0 Å². The van der Waals surface area contributed by atoms with Gasteiger partial charge in [0.1, 0.15) is 0 Å². The molecular formula is C72H92N2O. The van der Waals surface area contributed by atoms with E-state index in [0.29, 0.717) is 77.7 Å². The van der Waals surface area contributed by atoms with Gasteiger partial charge in [0, 0.05) is 59.1 Å². The van der Waals surface area contributed by atoms with Crippen molar-refractivity contribution in [2.45, 2.75) is 210 Å². The van der Waals surface area contributed by atoms with Crippen molar-refractivity contribution < 1.29 is 4.74 Å². The fourth-order valence-corrected chi connectivity index (χ4v) is 20.0. The van der Waals surface area contributed by atoms with Crippen LogP contribution in [-0.2, 0) is 4.74 Å². The number of nitrogens with zero attached hydrogens (tertiary/aromatic N) is 2. The van der Waals surface area contributed by atoms with E-state index in [2.05, 4.69) is 139 Å². The third kappa shape index (κ3) is 8.80. The standard InChI is InChI=1S/C72H92N2O/c1-3-49-26-38-60(39-27-49)75-71-43-33-55(44-48(71)2)72(54-17-6-4-7-18-54)67-24-14-12-22-63(67)64-41-37-59(47-68(64)72)73(58-36-40-62-53(45-58)29-28-51-16-10-11-21-61(51)62)57-34-30-50(31-35-57)52-32-42-70-66(46-52)65-23-13-15-25-69(65)74(70)56-19-8-5-9-20-56/h3,6,8,10,12,14,16-17,19,22,24-26,30,33,37,41,43-44,46,48,51,54,56-61,63-68,70-71H,1,4-5,7,9,11,13,15,18,20-21,23,27-29,31-32,34-36,38-40,42,45,47H2,2H3/t48?,51?,54?,56?,57?,58?,59?,60?,61?,63?,64?,65?,66?,67?,68?,70?,71-,72?/m1/s1. The third-order valence-corrected chi connectivity index (χ3v) is 23.3. The number of fused-ring (bicyclic) bond motifs is 8. The number of hydrogen-bond donors (Lipinski definition) is 0. The Kier molecular flexibility index (Phi) is 13.9. The average molecular weight is 1000 g/mol. The lowest BCUT2D eigenvalue weighted by Crippen LogP contribution is -2.53. The highest BCUT2D eigenvalue weighted by molar-refractivity contribution is 5.45. The Hall–Kier alpha value is -3.92. The summed E-state index contributed by atoms with van der Waals surface area (Å²) in [6.07, 6.45) is 84.6. The first-order valence-corrected chi connectivity index (χ1v) is 31.8. The van der Waals surface area contributed by atoms with Crippen LogP contribution in [0.3, 0.4) is 0 Å². The van der Waals surface area contributed by atoms with Gasteiger partial charge in [-0.05, 0) is 219 Å². The first-order chi connectivity index (χ1) is 37.0. The summed E-state index contributed by atoms with van der Waals surface area (Å²) in [6.45, 7) is 6.53. The Morgan fingerprint density at radius 3 is 2.36 bits per heavy atom. The lowest BCUT2D eigenvalue weighted by Gasteiger charge is -2.53. The molecule has 3 nitrogen and oxygen atoms in total. The van der Waals surface area contributed by atoms with Crippen LogP contribution in [0.15, 0.2) is 167 Å². The van der Waals surface area contributed by atoms with E-state index in [1.165, 1.54) is 147 Å². The van der Waals surface area contributed by atoms with Gasteiger partial charge >= 0.3 is 0 Å². The molecule has 0 radical (unpaired) electrons. The Bertz CT molecular complexity index is 2610. The van der Waals surface area contributed by atoms with E-state index < -0.39 is 0 Å². The first kappa shape index (κ1) is 49.4. The highest BCUT2D eigenvalue weighted by Gasteiger charge is 2.63. The van der Waals surface area contributed by atoms with E-state index in [1.54, 1.807) is 22.4 Å². The summed E-state index contributed by atoms with van der Waals surface area (Å²) in [6, 6.07) is 3.02. The Morgan fingerprint density at radius 2 is 1.53 bits per heavy atom. The van der Waals surface area contributed by atoms with Crippen LogP contribution < -0.4 is 0 Å². The molecule has 2 fully saturated rings. The number of ether oxygens (including phenoxy) is 1. The number of allylic oxidation sites excluding steroid dienone is 19. The average Bonchev–Trinajstić information content (AvgIpc) is 3.99. The molecule has 0 bridgehead atoms. The highest BCUT2D eigenvalue weighted by Crippen LogP contribution is 2.68. The lowest BCUT2D eigenvalue weighted by atomic mass is 9.54. The highest BCUT2D eigenvalue weighted by atomic mass is 16.5. The summed E-state index contributed by atoms with van der Waals surface area (Å²) in [5, 5.41) is 0. The van der Waals surface area contributed by atoms with Gasteiger partial charge in [0.2, 0.25) is 0 Å². The molecule has 0 aromatic carbocycles. The van der Waals surface area contributed by atoms with Crippen LogP contribution in [-0.4, -0.2) is 52.2 Å². The van der Waals surface area contributed by atoms with Gasteiger partial charge < -0.3 is 9.64 Å². The van der Waals surface area contributed by atoms with E-state index >= 15 is 0 Å². The van der Waals surface area contributed by atoms with E-state index in [9.17, 15) is 0 Å². The zero-order valence-electron chi connectivity index (χ0n) is 46.0. The monoisotopic (exact) mass is 1000 g/mol. The van der Waals surface area contributed by atoms with Gasteiger partial charge in [-0.1, -0.05) is 152 Å². The molecule has 18 atom stereocenters. The molecule has 396 valence electrons. The van der Waals surface area contributed by atoms with Gasteiger partial charge in [0.05, 0.1) is 12.2 Å². The number of hydrogen-bond acceptors (Lipinski definition) is 3. The van der Waals surface area contributed by atoms with Crippen LogP contribution in [0, 0.1) is 64.6 Å². The molecule has 0 amide bonds. The molecule has 0 aromatic heterocycles. The van der Waals surface area contributed by atoms with E-state index in [0.717, 1.165) is 37.0 Å². The Balaban J connectivity index is 0.787. The molecule has 1 aliphatic heterocycles. The molecule has 1 saturated heterocycles. The summed E-state index contributed by atoms with van der Waals surface area (Å²) in [5.74, 6) is 6.13. The summed E-state index contributed by atoms with van der Waals surface area (Å²) in [5.41, 5.74) is 12.1. The summed E-state index contributed by atoms with van der Waals surface area (Å²) in [7, 11) is 0. The molecule has 0 spiro atoms. The summed E-state index contributed by atoms with van der Waals surface area (Å²) >= 11 is 0. The molecule has 13 aliphatic carbocycles. The van der Waals surface area contributed by atoms with Gasteiger partial charge in [-0.2, -0.15) is 0 Å². The van der Waals surface area contributed by atoms with Gasteiger partial charge in [-0.25, -0.2) is 0 Å². The third-order valence-electron chi connectivity index (χ3n) is 23.3. The molecule has 0 N–H and O–H groups in total. The van der Waals surface area contributed by atoms with Crippen LogP contribution >= 0.6 is 0 Å². The Morgan fingerprint density at radius 1 is 0.667 bits per heavy atom. The molecule has 1 heterocycles. The lowest BCUT2D eigenvalue weighted by molar-refractivity contribution is -0.0103. The minimum Gasteiger partial charge on any atom is -0.370 e. The zero-order valence-corrected chi connectivity index (χ0v) is 46.0. The van der Waals surface area contributed by atoms with Crippen LogP contribution in [0.4, 0.5) is 0 Å². The summed E-state index contributed by atoms with van der Waals surface area (Å²) < 4.78 is 7.01. The van der Waals surface area contributed by atoms with Crippen molar-refractivity contribution in [1.82, 2.24) is 9.80 Å². The number of rotatable bonds is 10. The van der Waals surface area contributed by atoms with Crippen molar-refractivity contribution in [2.75, 3.05) is 0 Å². The minimum absolute atomic E-state index is 0.0565. The molecule has 17 unspecified atom stereocenters. The van der Waals surface area contributed by atoms with E-state index in [1.807, 2.05) is 17.2 Å². The van der Waals surface area contributed by atoms with Crippen molar-refractivity contribution in [3.8, 4) is 0 Å². The van der Waals surface area contributed by atoms with Crippen molar-refractivity contribution in [2.24, 2.45) is 64.6 Å².